The van der Waals surface area contributed by atoms with Crippen molar-refractivity contribution in [1.82, 2.24) is 25.2 Å². The third-order valence-electron chi connectivity index (χ3n) is 3.64. The Balaban J connectivity index is 1.58. The van der Waals surface area contributed by atoms with E-state index in [0.29, 0.717) is 0 Å². The molecule has 4 rings (SSSR count). The Morgan fingerprint density at radius 2 is 2.16 bits per heavy atom. The molecule has 0 bridgehead atoms. The number of H-pyrrole nitrogens is 1. The number of nitrogens with one attached hydrogen (secondary N) is 1. The van der Waals surface area contributed by atoms with Gasteiger partial charge in [-0.15, -0.1) is 10.2 Å². The molecule has 5 heteroatoms. The van der Waals surface area contributed by atoms with Crippen LogP contribution in [-0.2, 0) is 13.0 Å². The van der Waals surface area contributed by atoms with Crippen molar-refractivity contribution in [2.75, 3.05) is 0 Å². The van der Waals surface area contributed by atoms with Crippen LogP contribution in [0.2, 0.25) is 0 Å². The van der Waals surface area contributed by atoms with E-state index in [2.05, 4.69) is 38.6 Å². The number of nitrogens with zero attached hydrogens (tertiary/aromatic N) is 4. The maximum atomic E-state index is 4.45. The van der Waals surface area contributed by atoms with E-state index in [-0.39, 0.29) is 0 Å². The lowest BCUT2D eigenvalue weighted by atomic mass is 10.1. The van der Waals surface area contributed by atoms with Gasteiger partial charge in [-0.05, 0) is 35.6 Å². The number of rotatable bonds is 4. The molecule has 0 saturated heterocycles. The van der Waals surface area contributed by atoms with Gasteiger partial charge in [-0.2, -0.15) is 4.80 Å². The first-order valence-corrected chi connectivity index (χ1v) is 6.70. The molecule has 2 heterocycles. The molecular formula is C14H15N5. The number of para-hydroxylation sites is 1. The molecule has 0 aliphatic heterocycles. The van der Waals surface area contributed by atoms with Gasteiger partial charge in [0, 0.05) is 23.5 Å². The molecule has 1 saturated carbocycles. The highest BCUT2D eigenvalue weighted by Gasteiger charge is 2.23. The highest BCUT2D eigenvalue weighted by molar-refractivity contribution is 5.83. The fourth-order valence-corrected chi connectivity index (χ4v) is 2.40. The van der Waals surface area contributed by atoms with E-state index in [1.807, 2.05) is 12.3 Å². The molecule has 3 aromatic rings. The second kappa shape index (κ2) is 4.19. The highest BCUT2D eigenvalue weighted by atomic mass is 15.6. The normalized spacial score (nSPS) is 15.2. The first kappa shape index (κ1) is 10.7. The van der Waals surface area contributed by atoms with Crippen molar-refractivity contribution in [2.24, 2.45) is 5.92 Å². The standard InChI is InChI=1S/C14H15N5/c1-2-4-13-12(3-1)11(8-15-13)7-14-16-18-19(17-14)9-10-5-6-10/h1-4,8,10,15H,5-7,9H2. The smallest absolute Gasteiger partial charge is 0.179 e. The third kappa shape index (κ3) is 2.12. The van der Waals surface area contributed by atoms with Gasteiger partial charge in [0.25, 0.3) is 0 Å². The SMILES string of the molecule is c1ccc2c(Cc3nnn(CC4CC4)n3)c[nH]c2c1. The van der Waals surface area contributed by atoms with Crippen molar-refractivity contribution in [1.29, 1.82) is 0 Å². The Bertz CT molecular complexity index is 707. The zero-order chi connectivity index (χ0) is 12.7. The average molecular weight is 253 g/mol. The van der Waals surface area contributed by atoms with E-state index < -0.39 is 0 Å². The topological polar surface area (TPSA) is 59.4 Å². The van der Waals surface area contributed by atoms with Crippen LogP contribution in [0, 0.1) is 5.92 Å². The van der Waals surface area contributed by atoms with E-state index in [1.165, 1.54) is 23.8 Å². The fraction of sp³-hybridized carbons (Fsp3) is 0.357. The van der Waals surface area contributed by atoms with E-state index >= 15 is 0 Å². The van der Waals surface area contributed by atoms with Crippen molar-refractivity contribution >= 4 is 10.9 Å². The van der Waals surface area contributed by atoms with Gasteiger partial charge in [0.2, 0.25) is 0 Å². The Labute approximate surface area is 110 Å². The van der Waals surface area contributed by atoms with Crippen LogP contribution < -0.4 is 0 Å². The molecule has 0 spiro atoms. The molecule has 5 nitrogen and oxygen atoms in total. The van der Waals surface area contributed by atoms with E-state index in [1.54, 1.807) is 4.80 Å². The van der Waals surface area contributed by atoms with Gasteiger partial charge in [-0.3, -0.25) is 0 Å². The number of fused-ring (bicyclic) bond motifs is 1. The van der Waals surface area contributed by atoms with E-state index in [0.717, 1.165) is 30.2 Å². The predicted molar refractivity (Wildman–Crippen MR) is 71.6 cm³/mol. The molecule has 0 atom stereocenters. The summed E-state index contributed by atoms with van der Waals surface area (Å²) in [5.41, 5.74) is 2.38. The molecule has 2 aromatic heterocycles. The molecule has 1 aliphatic carbocycles. The van der Waals surface area contributed by atoms with Crippen LogP contribution in [-0.4, -0.2) is 25.2 Å². The summed E-state index contributed by atoms with van der Waals surface area (Å²) >= 11 is 0. The number of hydrogen-bond donors (Lipinski definition) is 1. The van der Waals surface area contributed by atoms with Gasteiger partial charge in [0.15, 0.2) is 5.82 Å². The van der Waals surface area contributed by atoms with Crippen LogP contribution in [0.4, 0.5) is 0 Å². The maximum absolute atomic E-state index is 4.45. The van der Waals surface area contributed by atoms with Gasteiger partial charge in [0.05, 0.1) is 6.54 Å². The molecule has 0 amide bonds. The Kier molecular flexibility index (Phi) is 2.36. The zero-order valence-corrected chi connectivity index (χ0v) is 10.6. The summed E-state index contributed by atoms with van der Waals surface area (Å²) in [5.74, 6) is 1.57. The molecular weight excluding hydrogens is 238 g/mol. The summed E-state index contributed by atoms with van der Waals surface area (Å²) in [5, 5.41) is 14.0. The van der Waals surface area contributed by atoms with Crippen molar-refractivity contribution in [3.8, 4) is 0 Å². The van der Waals surface area contributed by atoms with Gasteiger partial charge < -0.3 is 4.98 Å². The van der Waals surface area contributed by atoms with Crippen molar-refractivity contribution < 1.29 is 0 Å². The summed E-state index contributed by atoms with van der Waals surface area (Å²) in [4.78, 5) is 5.01. The lowest BCUT2D eigenvalue weighted by Crippen LogP contribution is -2.04. The first-order valence-electron chi connectivity index (χ1n) is 6.70. The minimum Gasteiger partial charge on any atom is -0.361 e. The Morgan fingerprint density at radius 1 is 1.26 bits per heavy atom. The first-order chi connectivity index (χ1) is 9.38. The minimum absolute atomic E-state index is 0.731. The van der Waals surface area contributed by atoms with Crippen LogP contribution >= 0.6 is 0 Å². The molecule has 96 valence electrons. The number of benzene rings is 1. The van der Waals surface area contributed by atoms with Crippen molar-refractivity contribution in [3.05, 3.63) is 41.9 Å². The average Bonchev–Trinajstić information content (AvgIpc) is 2.98. The quantitative estimate of drug-likeness (QED) is 0.775. The van der Waals surface area contributed by atoms with E-state index in [9.17, 15) is 0 Å². The van der Waals surface area contributed by atoms with Crippen LogP contribution in [0.25, 0.3) is 10.9 Å². The summed E-state index contributed by atoms with van der Waals surface area (Å²) in [6, 6.07) is 8.29. The van der Waals surface area contributed by atoms with Gasteiger partial charge >= 0.3 is 0 Å². The summed E-state index contributed by atoms with van der Waals surface area (Å²) in [7, 11) is 0. The number of aromatic nitrogens is 5. The van der Waals surface area contributed by atoms with Gasteiger partial charge in [-0.25, -0.2) is 0 Å². The summed E-state index contributed by atoms with van der Waals surface area (Å²) < 4.78 is 0. The van der Waals surface area contributed by atoms with Gasteiger partial charge in [0.1, 0.15) is 0 Å². The van der Waals surface area contributed by atoms with Crippen molar-refractivity contribution in [2.45, 2.75) is 25.8 Å². The lowest BCUT2D eigenvalue weighted by molar-refractivity contribution is 0.485. The van der Waals surface area contributed by atoms with Crippen LogP contribution in [0.5, 0.6) is 0 Å². The van der Waals surface area contributed by atoms with E-state index in [4.69, 9.17) is 0 Å². The molecule has 19 heavy (non-hydrogen) atoms. The third-order valence-corrected chi connectivity index (χ3v) is 3.64. The zero-order valence-electron chi connectivity index (χ0n) is 10.6. The molecule has 1 fully saturated rings. The summed E-state index contributed by atoms with van der Waals surface area (Å²) in [6.07, 6.45) is 5.37. The molecule has 1 N–H and O–H groups in total. The van der Waals surface area contributed by atoms with Crippen LogP contribution in [0.3, 0.4) is 0 Å². The lowest BCUT2D eigenvalue weighted by Gasteiger charge is -1.95. The minimum atomic E-state index is 0.731. The Morgan fingerprint density at radius 3 is 3.05 bits per heavy atom. The molecule has 0 unspecified atom stereocenters. The van der Waals surface area contributed by atoms with Crippen LogP contribution in [0.15, 0.2) is 30.5 Å². The number of tetrazole rings is 1. The number of aromatic amines is 1. The second-order valence-electron chi connectivity index (χ2n) is 5.24. The monoisotopic (exact) mass is 253 g/mol. The molecule has 1 aromatic carbocycles. The summed E-state index contributed by atoms with van der Waals surface area (Å²) in [6.45, 7) is 0.918. The van der Waals surface area contributed by atoms with Crippen LogP contribution in [0.1, 0.15) is 24.2 Å². The largest absolute Gasteiger partial charge is 0.361 e. The van der Waals surface area contributed by atoms with Crippen molar-refractivity contribution in [3.63, 3.8) is 0 Å². The number of hydrogen-bond acceptors (Lipinski definition) is 3. The maximum Gasteiger partial charge on any atom is 0.179 e. The predicted octanol–water partition coefficient (Wildman–Crippen LogP) is 2.16. The molecule has 1 aliphatic rings. The highest BCUT2D eigenvalue weighted by Crippen LogP contribution is 2.29. The fourth-order valence-electron chi connectivity index (χ4n) is 2.40. The van der Waals surface area contributed by atoms with Gasteiger partial charge in [-0.1, -0.05) is 18.2 Å². The molecule has 0 radical (unpaired) electrons. The second-order valence-corrected chi connectivity index (χ2v) is 5.24. The Hall–Kier alpha value is -2.17.